The zero-order valence-electron chi connectivity index (χ0n) is 11.0. The minimum absolute atomic E-state index is 0.0495. The van der Waals surface area contributed by atoms with Crippen molar-refractivity contribution in [3.8, 4) is 5.75 Å². The van der Waals surface area contributed by atoms with Crippen LogP contribution in [0.15, 0.2) is 18.2 Å². The van der Waals surface area contributed by atoms with E-state index in [0.717, 1.165) is 30.6 Å². The van der Waals surface area contributed by atoms with Gasteiger partial charge in [-0.05, 0) is 49.3 Å². The number of carbonyl (C=O) groups is 1. The van der Waals surface area contributed by atoms with Gasteiger partial charge in [0.25, 0.3) is 0 Å². The van der Waals surface area contributed by atoms with Crippen LogP contribution < -0.4 is 4.74 Å². The maximum Gasteiger partial charge on any atom is 0.303 e. The Morgan fingerprint density at radius 3 is 3.06 bits per heavy atom. The Hall–Kier alpha value is -1.51. The highest BCUT2D eigenvalue weighted by atomic mass is 16.5. The number of benzene rings is 1. The Labute approximate surface area is 108 Å². The Kier molecular flexibility index (Phi) is 3.90. The van der Waals surface area contributed by atoms with Gasteiger partial charge >= 0.3 is 5.97 Å². The Morgan fingerprint density at radius 2 is 2.33 bits per heavy atom. The third-order valence-corrected chi connectivity index (χ3v) is 3.52. The summed E-state index contributed by atoms with van der Waals surface area (Å²) in [6, 6.07) is 6.09. The van der Waals surface area contributed by atoms with E-state index in [1.165, 1.54) is 5.56 Å². The molecule has 1 aromatic rings. The topological polar surface area (TPSA) is 46.5 Å². The molecule has 1 heterocycles. The van der Waals surface area contributed by atoms with Crippen molar-refractivity contribution in [3.63, 3.8) is 0 Å². The van der Waals surface area contributed by atoms with Crippen LogP contribution in [-0.2, 0) is 11.2 Å². The standard InChI is InChI=1S/C15H20O3/c1-10(8-15(16)17)12-6-7-14-13(9-12)5-3-4-11(2)18-14/h6-7,9-11H,3-5,8H2,1-2H3,(H,16,17). The van der Waals surface area contributed by atoms with E-state index in [1.54, 1.807) is 0 Å². The molecule has 3 nitrogen and oxygen atoms in total. The monoisotopic (exact) mass is 248 g/mol. The largest absolute Gasteiger partial charge is 0.490 e. The zero-order chi connectivity index (χ0) is 13.1. The zero-order valence-corrected chi connectivity index (χ0v) is 11.0. The first-order valence-corrected chi connectivity index (χ1v) is 6.57. The van der Waals surface area contributed by atoms with Crippen molar-refractivity contribution in [3.05, 3.63) is 29.3 Å². The lowest BCUT2D eigenvalue weighted by Gasteiger charge is -2.15. The number of aliphatic carboxylic acids is 1. The summed E-state index contributed by atoms with van der Waals surface area (Å²) in [5, 5.41) is 8.84. The molecular formula is C15H20O3. The minimum Gasteiger partial charge on any atom is -0.490 e. The van der Waals surface area contributed by atoms with Crippen molar-refractivity contribution in [1.29, 1.82) is 0 Å². The molecule has 1 aliphatic heterocycles. The van der Waals surface area contributed by atoms with Crippen molar-refractivity contribution >= 4 is 5.97 Å². The summed E-state index contributed by atoms with van der Waals surface area (Å²) in [5.74, 6) is 0.266. The lowest BCUT2D eigenvalue weighted by atomic mass is 9.94. The molecule has 18 heavy (non-hydrogen) atoms. The van der Waals surface area contributed by atoms with E-state index < -0.39 is 5.97 Å². The predicted molar refractivity (Wildman–Crippen MR) is 70.1 cm³/mol. The van der Waals surface area contributed by atoms with Gasteiger partial charge in [0.05, 0.1) is 12.5 Å². The van der Waals surface area contributed by atoms with Crippen LogP contribution in [0.5, 0.6) is 5.75 Å². The van der Waals surface area contributed by atoms with Crippen LogP contribution in [0.3, 0.4) is 0 Å². The second-order valence-electron chi connectivity index (χ2n) is 5.19. The highest BCUT2D eigenvalue weighted by molar-refractivity contribution is 5.68. The molecule has 0 spiro atoms. The average Bonchev–Trinajstić information content (AvgIpc) is 2.47. The average molecular weight is 248 g/mol. The van der Waals surface area contributed by atoms with Gasteiger partial charge in [-0.3, -0.25) is 4.79 Å². The summed E-state index contributed by atoms with van der Waals surface area (Å²) in [7, 11) is 0. The van der Waals surface area contributed by atoms with Crippen molar-refractivity contribution in [1.82, 2.24) is 0 Å². The summed E-state index contributed by atoms with van der Waals surface area (Å²) in [6.07, 6.45) is 3.68. The minimum atomic E-state index is -0.748. The fraction of sp³-hybridized carbons (Fsp3) is 0.533. The molecule has 2 unspecified atom stereocenters. The van der Waals surface area contributed by atoms with Crippen LogP contribution in [-0.4, -0.2) is 17.2 Å². The number of rotatable bonds is 3. The van der Waals surface area contributed by atoms with E-state index in [4.69, 9.17) is 9.84 Å². The first-order chi connectivity index (χ1) is 8.56. The fourth-order valence-electron chi connectivity index (χ4n) is 2.45. The van der Waals surface area contributed by atoms with Gasteiger partial charge in [0, 0.05) is 0 Å². The molecule has 2 atom stereocenters. The molecule has 0 aliphatic carbocycles. The number of hydrogen-bond donors (Lipinski definition) is 1. The second kappa shape index (κ2) is 5.42. The molecule has 3 heteroatoms. The van der Waals surface area contributed by atoms with Gasteiger partial charge in [-0.15, -0.1) is 0 Å². The van der Waals surface area contributed by atoms with Gasteiger partial charge in [0.1, 0.15) is 5.75 Å². The Morgan fingerprint density at radius 1 is 1.56 bits per heavy atom. The molecule has 0 radical (unpaired) electrons. The predicted octanol–water partition coefficient (Wildman–Crippen LogP) is 3.37. The number of hydrogen-bond acceptors (Lipinski definition) is 2. The van der Waals surface area contributed by atoms with Crippen LogP contribution in [0.4, 0.5) is 0 Å². The van der Waals surface area contributed by atoms with E-state index in [9.17, 15) is 4.79 Å². The molecular weight excluding hydrogens is 228 g/mol. The van der Waals surface area contributed by atoms with E-state index in [0.29, 0.717) is 0 Å². The van der Waals surface area contributed by atoms with Crippen molar-refractivity contribution in [2.45, 2.75) is 51.6 Å². The molecule has 98 valence electrons. The van der Waals surface area contributed by atoms with Crippen LogP contribution in [0, 0.1) is 0 Å². The molecule has 0 amide bonds. The number of aryl methyl sites for hydroxylation is 1. The molecule has 0 bridgehead atoms. The molecule has 1 N–H and O–H groups in total. The van der Waals surface area contributed by atoms with Gasteiger partial charge in [0.15, 0.2) is 0 Å². The molecule has 0 aromatic heterocycles. The maximum atomic E-state index is 10.7. The normalized spacial score (nSPS) is 20.4. The molecule has 2 rings (SSSR count). The Bertz CT molecular complexity index is 439. The molecule has 0 fully saturated rings. The van der Waals surface area contributed by atoms with Crippen LogP contribution >= 0.6 is 0 Å². The Balaban J connectivity index is 2.21. The smallest absolute Gasteiger partial charge is 0.303 e. The SMILES string of the molecule is CC1CCCc2cc(C(C)CC(=O)O)ccc2O1. The summed E-state index contributed by atoms with van der Waals surface area (Å²) >= 11 is 0. The number of ether oxygens (including phenoxy) is 1. The maximum absolute atomic E-state index is 10.7. The van der Waals surface area contributed by atoms with Gasteiger partial charge in [-0.25, -0.2) is 0 Å². The third-order valence-electron chi connectivity index (χ3n) is 3.52. The summed E-state index contributed by atoms with van der Waals surface area (Å²) in [6.45, 7) is 4.05. The summed E-state index contributed by atoms with van der Waals surface area (Å²) in [4.78, 5) is 10.7. The van der Waals surface area contributed by atoms with Gasteiger partial charge in [-0.1, -0.05) is 19.1 Å². The summed E-state index contributed by atoms with van der Waals surface area (Å²) in [5.41, 5.74) is 2.31. The van der Waals surface area contributed by atoms with Crippen molar-refractivity contribution in [2.75, 3.05) is 0 Å². The summed E-state index contributed by atoms with van der Waals surface area (Å²) < 4.78 is 5.86. The van der Waals surface area contributed by atoms with E-state index in [-0.39, 0.29) is 18.4 Å². The first kappa shape index (κ1) is 12.9. The van der Waals surface area contributed by atoms with E-state index >= 15 is 0 Å². The first-order valence-electron chi connectivity index (χ1n) is 6.57. The quantitative estimate of drug-likeness (QED) is 0.892. The third kappa shape index (κ3) is 3.03. The van der Waals surface area contributed by atoms with Crippen LogP contribution in [0.25, 0.3) is 0 Å². The fourth-order valence-corrected chi connectivity index (χ4v) is 2.45. The molecule has 0 saturated heterocycles. The molecule has 0 saturated carbocycles. The molecule has 1 aromatic carbocycles. The number of fused-ring (bicyclic) bond motifs is 1. The second-order valence-corrected chi connectivity index (χ2v) is 5.19. The van der Waals surface area contributed by atoms with Crippen molar-refractivity contribution < 1.29 is 14.6 Å². The number of carboxylic acids is 1. The lowest BCUT2D eigenvalue weighted by molar-refractivity contribution is -0.137. The van der Waals surface area contributed by atoms with Gasteiger partial charge in [-0.2, -0.15) is 0 Å². The number of carboxylic acid groups (broad SMARTS) is 1. The van der Waals surface area contributed by atoms with Crippen LogP contribution in [0.1, 0.15) is 50.2 Å². The van der Waals surface area contributed by atoms with Crippen molar-refractivity contribution in [2.24, 2.45) is 0 Å². The van der Waals surface area contributed by atoms with E-state index in [2.05, 4.69) is 13.0 Å². The van der Waals surface area contributed by atoms with E-state index in [1.807, 2.05) is 19.1 Å². The van der Waals surface area contributed by atoms with Crippen LogP contribution in [0.2, 0.25) is 0 Å². The molecule has 1 aliphatic rings. The van der Waals surface area contributed by atoms with Gasteiger partial charge in [0.2, 0.25) is 0 Å². The highest BCUT2D eigenvalue weighted by Crippen LogP contribution is 2.30. The van der Waals surface area contributed by atoms with Gasteiger partial charge < -0.3 is 9.84 Å². The highest BCUT2D eigenvalue weighted by Gasteiger charge is 2.16. The lowest BCUT2D eigenvalue weighted by Crippen LogP contribution is -2.09.